The Morgan fingerprint density at radius 3 is 2.73 bits per heavy atom. The van der Waals surface area contributed by atoms with Gasteiger partial charge < -0.3 is 16.2 Å². The third kappa shape index (κ3) is 5.41. The summed E-state index contributed by atoms with van der Waals surface area (Å²) in [6, 6.07) is 4.82. The Bertz CT molecular complexity index is 1120. The van der Waals surface area contributed by atoms with Gasteiger partial charge in [0.2, 0.25) is 0 Å². The van der Waals surface area contributed by atoms with Crippen LogP contribution in [0.1, 0.15) is 41.8 Å². The number of nitrogens with zero attached hydrogens (tertiary/aromatic N) is 3. The van der Waals surface area contributed by atoms with E-state index >= 15 is 0 Å². The number of alkyl halides is 3. The number of aliphatic imine (C=N–C) groups is 1. The van der Waals surface area contributed by atoms with E-state index in [0.717, 1.165) is 12.1 Å². The summed E-state index contributed by atoms with van der Waals surface area (Å²) < 4.78 is 40.0. The minimum Gasteiger partial charge on any atom is -0.510 e. The topological polar surface area (TPSA) is 123 Å². The molecule has 4 N–H and O–H groups in total. The Balaban J connectivity index is 1.76. The number of halogens is 3. The van der Waals surface area contributed by atoms with Gasteiger partial charge in [-0.3, -0.25) is 19.3 Å². The fourth-order valence-corrected chi connectivity index (χ4v) is 3.77. The molecule has 11 heteroatoms. The zero-order valence-corrected chi connectivity index (χ0v) is 18.1. The molecule has 0 bridgehead atoms. The van der Waals surface area contributed by atoms with Gasteiger partial charge in [0.1, 0.15) is 23.1 Å². The number of ketones is 1. The van der Waals surface area contributed by atoms with Crippen LogP contribution >= 0.6 is 0 Å². The minimum atomic E-state index is -4.46. The normalized spacial score (nSPS) is 17.5. The molecule has 1 aromatic carbocycles. The number of amides is 1. The van der Waals surface area contributed by atoms with Gasteiger partial charge in [-0.15, -0.1) is 0 Å². The standard InChI is InChI=1S/C22H24F3N5O3/c1-3-16(12(2)31)17-9-27-20(26)18(19(17)32)29-21(33)14-8-28-30(11-14)10-13-5-4-6-15(7-13)22(23,24)25/h4-8,11,16-17,32H,3,9-10H2,1-2H3,(H2,26,27)(H,29,33). The van der Waals surface area contributed by atoms with E-state index in [1.165, 1.54) is 36.1 Å². The van der Waals surface area contributed by atoms with Crippen molar-refractivity contribution >= 4 is 17.5 Å². The zero-order valence-electron chi connectivity index (χ0n) is 18.1. The van der Waals surface area contributed by atoms with Crippen LogP contribution < -0.4 is 11.1 Å². The van der Waals surface area contributed by atoms with Crippen molar-refractivity contribution in [2.45, 2.75) is 33.0 Å². The van der Waals surface area contributed by atoms with Gasteiger partial charge in [0.25, 0.3) is 5.91 Å². The van der Waals surface area contributed by atoms with Crippen LogP contribution in [0.4, 0.5) is 13.2 Å². The summed E-state index contributed by atoms with van der Waals surface area (Å²) in [5.74, 6) is -2.09. The maximum Gasteiger partial charge on any atom is 0.416 e. The zero-order chi connectivity index (χ0) is 24.3. The fraction of sp³-hybridized carbons (Fsp3) is 0.364. The number of hydrogen-bond donors (Lipinski definition) is 3. The van der Waals surface area contributed by atoms with Crippen LogP contribution in [0, 0.1) is 11.8 Å². The molecule has 0 radical (unpaired) electrons. The number of aliphatic hydroxyl groups is 1. The van der Waals surface area contributed by atoms with Crippen LogP contribution in [0.5, 0.6) is 0 Å². The lowest BCUT2D eigenvalue weighted by atomic mass is 9.83. The Morgan fingerprint density at radius 2 is 2.09 bits per heavy atom. The molecule has 2 atom stereocenters. The monoisotopic (exact) mass is 463 g/mol. The number of amidine groups is 1. The smallest absolute Gasteiger partial charge is 0.416 e. The molecule has 1 amide bonds. The number of nitrogens with two attached hydrogens (primary N) is 1. The number of aliphatic hydroxyl groups excluding tert-OH is 1. The highest BCUT2D eigenvalue weighted by Crippen LogP contribution is 2.30. The van der Waals surface area contributed by atoms with Gasteiger partial charge in [0, 0.05) is 18.0 Å². The quantitative estimate of drug-likeness (QED) is 0.583. The van der Waals surface area contributed by atoms with E-state index in [4.69, 9.17) is 5.73 Å². The van der Waals surface area contributed by atoms with Gasteiger partial charge in [0.15, 0.2) is 0 Å². The van der Waals surface area contributed by atoms with Gasteiger partial charge in [-0.1, -0.05) is 19.1 Å². The molecule has 3 rings (SSSR count). The van der Waals surface area contributed by atoms with Gasteiger partial charge in [-0.2, -0.15) is 18.3 Å². The van der Waals surface area contributed by atoms with E-state index in [9.17, 15) is 27.9 Å². The number of carbonyl (C=O) groups is 2. The Labute approximate surface area is 188 Å². The van der Waals surface area contributed by atoms with Crippen molar-refractivity contribution in [3.05, 3.63) is 64.8 Å². The predicted octanol–water partition coefficient (Wildman–Crippen LogP) is 3.05. The summed E-state index contributed by atoms with van der Waals surface area (Å²) in [5, 5.41) is 17.2. The van der Waals surface area contributed by atoms with Gasteiger partial charge in [-0.05, 0) is 31.0 Å². The van der Waals surface area contributed by atoms with Crippen molar-refractivity contribution in [3.63, 3.8) is 0 Å². The number of nitrogens with one attached hydrogen (secondary N) is 1. The highest BCUT2D eigenvalue weighted by atomic mass is 19.4. The van der Waals surface area contributed by atoms with Gasteiger partial charge in [-0.25, -0.2) is 0 Å². The van der Waals surface area contributed by atoms with Crippen LogP contribution in [-0.2, 0) is 17.5 Å². The molecule has 2 aromatic rings. The van der Waals surface area contributed by atoms with Crippen molar-refractivity contribution in [1.82, 2.24) is 15.1 Å². The van der Waals surface area contributed by atoms with Crippen LogP contribution in [0.25, 0.3) is 0 Å². The molecule has 1 aliphatic heterocycles. The summed E-state index contributed by atoms with van der Waals surface area (Å²) in [6.45, 7) is 3.40. The van der Waals surface area contributed by atoms with E-state index in [-0.39, 0.29) is 41.7 Å². The SMILES string of the molecule is CCC(C(C)=O)C1CN=C(N)C(NC(=O)c2cnn(Cc3cccc(C(F)(F)F)c3)c2)=C1O. The van der Waals surface area contributed by atoms with Crippen molar-refractivity contribution in [2.24, 2.45) is 22.6 Å². The number of hydrogen-bond acceptors (Lipinski definition) is 6. The van der Waals surface area contributed by atoms with Crippen molar-refractivity contribution in [2.75, 3.05) is 6.54 Å². The first-order chi connectivity index (χ1) is 15.5. The molecule has 33 heavy (non-hydrogen) atoms. The molecular formula is C22H24F3N5O3. The van der Waals surface area contributed by atoms with E-state index < -0.39 is 29.5 Å². The number of benzene rings is 1. The average molecular weight is 463 g/mol. The number of carbonyl (C=O) groups excluding carboxylic acids is 2. The molecule has 0 fully saturated rings. The van der Waals surface area contributed by atoms with E-state index in [0.29, 0.717) is 12.0 Å². The maximum absolute atomic E-state index is 12.9. The largest absolute Gasteiger partial charge is 0.510 e. The van der Waals surface area contributed by atoms with Crippen molar-refractivity contribution in [1.29, 1.82) is 0 Å². The minimum absolute atomic E-state index is 0.0214. The van der Waals surface area contributed by atoms with Crippen molar-refractivity contribution < 1.29 is 27.9 Å². The Kier molecular flexibility index (Phi) is 6.89. The summed E-state index contributed by atoms with van der Waals surface area (Å²) >= 11 is 0. The number of aromatic nitrogens is 2. The summed E-state index contributed by atoms with van der Waals surface area (Å²) in [6.07, 6.45) is -1.35. The van der Waals surface area contributed by atoms with E-state index in [2.05, 4.69) is 15.4 Å². The molecule has 0 saturated carbocycles. The predicted molar refractivity (Wildman–Crippen MR) is 114 cm³/mol. The number of rotatable bonds is 7. The summed E-state index contributed by atoms with van der Waals surface area (Å²) in [5.41, 5.74) is 5.48. The van der Waals surface area contributed by atoms with Crippen molar-refractivity contribution in [3.8, 4) is 0 Å². The first-order valence-corrected chi connectivity index (χ1v) is 10.2. The van der Waals surface area contributed by atoms with Crippen LogP contribution in [0.3, 0.4) is 0 Å². The maximum atomic E-state index is 12.9. The van der Waals surface area contributed by atoms with E-state index in [1.54, 1.807) is 0 Å². The molecular weight excluding hydrogens is 439 g/mol. The number of Topliss-reactive ketones (excluding diaryl/α,β-unsaturated/α-hetero) is 1. The van der Waals surface area contributed by atoms with Gasteiger partial charge in [0.05, 0.1) is 30.4 Å². The molecule has 0 aliphatic carbocycles. The molecule has 2 heterocycles. The lowest BCUT2D eigenvalue weighted by Gasteiger charge is -2.27. The van der Waals surface area contributed by atoms with Gasteiger partial charge >= 0.3 is 6.18 Å². The number of dihydropyridines is 1. The van der Waals surface area contributed by atoms with Crippen LogP contribution in [0.2, 0.25) is 0 Å². The van der Waals surface area contributed by atoms with Crippen LogP contribution in [-0.4, -0.2) is 39.0 Å². The second-order valence-electron chi connectivity index (χ2n) is 7.80. The Morgan fingerprint density at radius 1 is 1.36 bits per heavy atom. The fourth-order valence-electron chi connectivity index (χ4n) is 3.77. The molecule has 1 aliphatic rings. The first kappa shape index (κ1) is 24.0. The lowest BCUT2D eigenvalue weighted by molar-refractivity contribution is -0.137. The molecule has 8 nitrogen and oxygen atoms in total. The molecule has 1 aromatic heterocycles. The highest BCUT2D eigenvalue weighted by Gasteiger charge is 2.34. The molecule has 2 unspecified atom stereocenters. The highest BCUT2D eigenvalue weighted by molar-refractivity contribution is 6.05. The van der Waals surface area contributed by atoms with E-state index in [1.807, 2.05) is 6.92 Å². The molecule has 0 spiro atoms. The summed E-state index contributed by atoms with van der Waals surface area (Å²) in [7, 11) is 0. The first-order valence-electron chi connectivity index (χ1n) is 10.2. The molecule has 0 saturated heterocycles. The third-order valence-corrected chi connectivity index (χ3v) is 5.50. The second-order valence-corrected chi connectivity index (χ2v) is 7.80. The second kappa shape index (κ2) is 9.47. The summed E-state index contributed by atoms with van der Waals surface area (Å²) in [4.78, 5) is 28.7. The lowest BCUT2D eigenvalue weighted by Crippen LogP contribution is -2.39. The average Bonchev–Trinajstić information content (AvgIpc) is 3.21. The Hall–Kier alpha value is -3.63. The third-order valence-electron chi connectivity index (χ3n) is 5.50. The van der Waals surface area contributed by atoms with Crippen LogP contribution in [0.15, 0.2) is 53.1 Å². The molecule has 176 valence electrons.